The summed E-state index contributed by atoms with van der Waals surface area (Å²) in [6, 6.07) is 9.82. The average Bonchev–Trinajstić information content (AvgIpc) is 2.97. The number of tetrazole rings is 1. The van der Waals surface area contributed by atoms with Crippen LogP contribution in [0, 0.1) is 5.82 Å². The molecule has 23 heavy (non-hydrogen) atoms. The number of rotatable bonds is 2. The zero-order valence-corrected chi connectivity index (χ0v) is 12.0. The van der Waals surface area contributed by atoms with Gasteiger partial charge in [0.2, 0.25) is 0 Å². The summed E-state index contributed by atoms with van der Waals surface area (Å²) in [5.41, 5.74) is 1.10. The highest BCUT2D eigenvalue weighted by Crippen LogP contribution is 2.32. The van der Waals surface area contributed by atoms with Crippen LogP contribution in [0.4, 0.5) is 17.6 Å². The third-order valence-corrected chi connectivity index (χ3v) is 3.37. The second kappa shape index (κ2) is 5.62. The van der Waals surface area contributed by atoms with Crippen LogP contribution in [0.2, 0.25) is 5.02 Å². The molecule has 118 valence electrons. The summed E-state index contributed by atoms with van der Waals surface area (Å²) in [4.78, 5) is 0. The van der Waals surface area contributed by atoms with E-state index in [1.54, 1.807) is 6.07 Å². The Labute approximate surface area is 132 Å². The lowest BCUT2D eigenvalue weighted by molar-refractivity contribution is -0.146. The standard InChI is InChI=1S/C14H7ClF4N4/c15-12-7-9(16)4-5-11(12)8-2-1-3-10(6-8)23-13(14(17,18)19)20-21-22-23/h1-7H. The lowest BCUT2D eigenvalue weighted by atomic mass is 10.0. The number of aromatic nitrogens is 4. The Morgan fingerprint density at radius 2 is 1.83 bits per heavy atom. The Kier molecular flexibility index (Phi) is 3.77. The molecule has 1 aromatic heterocycles. The summed E-state index contributed by atoms with van der Waals surface area (Å²) in [7, 11) is 0. The fourth-order valence-corrected chi connectivity index (χ4v) is 2.34. The monoisotopic (exact) mass is 342 g/mol. The van der Waals surface area contributed by atoms with Gasteiger partial charge in [-0.05, 0) is 46.3 Å². The summed E-state index contributed by atoms with van der Waals surface area (Å²) in [6.07, 6.45) is -4.69. The van der Waals surface area contributed by atoms with Gasteiger partial charge in [-0.3, -0.25) is 0 Å². The minimum absolute atomic E-state index is 0.111. The molecular weight excluding hydrogens is 336 g/mol. The molecule has 0 aliphatic heterocycles. The summed E-state index contributed by atoms with van der Waals surface area (Å²) in [6.45, 7) is 0. The van der Waals surface area contributed by atoms with E-state index in [2.05, 4.69) is 15.5 Å². The molecule has 3 rings (SSSR count). The topological polar surface area (TPSA) is 43.6 Å². The van der Waals surface area contributed by atoms with Crippen LogP contribution in [0.1, 0.15) is 5.82 Å². The maximum atomic E-state index is 13.1. The first-order chi connectivity index (χ1) is 10.9. The molecule has 0 aliphatic carbocycles. The predicted octanol–water partition coefficient (Wildman–Crippen LogP) is 4.14. The summed E-state index contributed by atoms with van der Waals surface area (Å²) < 4.78 is 52.3. The number of alkyl halides is 3. The van der Waals surface area contributed by atoms with Gasteiger partial charge in [0.25, 0.3) is 5.82 Å². The van der Waals surface area contributed by atoms with E-state index < -0.39 is 17.8 Å². The Morgan fingerprint density at radius 3 is 2.52 bits per heavy atom. The van der Waals surface area contributed by atoms with Gasteiger partial charge in [0.1, 0.15) is 5.82 Å². The van der Waals surface area contributed by atoms with Crippen LogP contribution < -0.4 is 0 Å². The van der Waals surface area contributed by atoms with Crippen molar-refractivity contribution in [3.05, 3.63) is 59.1 Å². The molecule has 3 aromatic rings. The van der Waals surface area contributed by atoms with Crippen molar-refractivity contribution in [2.45, 2.75) is 6.18 Å². The van der Waals surface area contributed by atoms with E-state index in [-0.39, 0.29) is 10.7 Å². The molecule has 0 saturated heterocycles. The number of benzene rings is 2. The van der Waals surface area contributed by atoms with Crippen LogP contribution in [-0.2, 0) is 6.18 Å². The predicted molar refractivity (Wildman–Crippen MR) is 74.6 cm³/mol. The fraction of sp³-hybridized carbons (Fsp3) is 0.0714. The highest BCUT2D eigenvalue weighted by molar-refractivity contribution is 6.33. The van der Waals surface area contributed by atoms with Crippen molar-refractivity contribution in [2.24, 2.45) is 0 Å². The van der Waals surface area contributed by atoms with Crippen LogP contribution in [-0.4, -0.2) is 20.2 Å². The number of nitrogens with zero attached hydrogens (tertiary/aromatic N) is 4. The molecule has 0 aliphatic rings. The zero-order valence-electron chi connectivity index (χ0n) is 11.2. The van der Waals surface area contributed by atoms with Crippen molar-refractivity contribution >= 4 is 11.6 Å². The number of hydrogen-bond acceptors (Lipinski definition) is 3. The van der Waals surface area contributed by atoms with Gasteiger partial charge in [-0.15, -0.1) is 5.10 Å². The van der Waals surface area contributed by atoms with Gasteiger partial charge in [0.05, 0.1) is 10.7 Å². The number of hydrogen-bond donors (Lipinski definition) is 0. The van der Waals surface area contributed by atoms with Crippen molar-refractivity contribution in [3.8, 4) is 16.8 Å². The highest BCUT2D eigenvalue weighted by atomic mass is 35.5. The first kappa shape index (κ1) is 15.4. The largest absolute Gasteiger partial charge is 0.453 e. The third kappa shape index (κ3) is 3.02. The van der Waals surface area contributed by atoms with Crippen molar-refractivity contribution in [1.29, 1.82) is 0 Å². The first-order valence-corrected chi connectivity index (χ1v) is 6.65. The van der Waals surface area contributed by atoms with Crippen molar-refractivity contribution in [2.75, 3.05) is 0 Å². The van der Waals surface area contributed by atoms with E-state index >= 15 is 0 Å². The molecule has 0 bridgehead atoms. The molecule has 1 heterocycles. The Morgan fingerprint density at radius 1 is 1.04 bits per heavy atom. The molecule has 0 spiro atoms. The molecule has 0 amide bonds. The molecule has 0 atom stereocenters. The Balaban J connectivity index is 2.09. The van der Waals surface area contributed by atoms with E-state index in [0.29, 0.717) is 15.8 Å². The average molecular weight is 343 g/mol. The Bertz CT molecular complexity index is 860. The molecule has 0 radical (unpaired) electrons. The number of halogens is 5. The normalized spacial score (nSPS) is 11.7. The molecule has 0 fully saturated rings. The molecule has 9 heteroatoms. The second-order valence-corrected chi connectivity index (χ2v) is 4.99. The molecule has 0 unspecified atom stereocenters. The second-order valence-electron chi connectivity index (χ2n) is 4.59. The van der Waals surface area contributed by atoms with E-state index in [9.17, 15) is 17.6 Å². The fourth-order valence-electron chi connectivity index (χ4n) is 2.07. The van der Waals surface area contributed by atoms with Crippen molar-refractivity contribution in [1.82, 2.24) is 20.2 Å². The molecule has 4 nitrogen and oxygen atoms in total. The molecular formula is C14H7ClF4N4. The van der Waals surface area contributed by atoms with E-state index in [4.69, 9.17) is 11.6 Å². The smallest absolute Gasteiger partial charge is 0.207 e. The summed E-state index contributed by atoms with van der Waals surface area (Å²) in [5.74, 6) is -1.74. The van der Waals surface area contributed by atoms with Crippen LogP contribution in [0.5, 0.6) is 0 Å². The summed E-state index contributed by atoms with van der Waals surface area (Å²) in [5, 5.41) is 9.58. The van der Waals surface area contributed by atoms with Crippen molar-refractivity contribution < 1.29 is 17.6 Å². The van der Waals surface area contributed by atoms with Crippen molar-refractivity contribution in [3.63, 3.8) is 0 Å². The summed E-state index contributed by atoms with van der Waals surface area (Å²) >= 11 is 5.98. The molecule has 0 N–H and O–H groups in total. The third-order valence-electron chi connectivity index (χ3n) is 3.06. The molecule has 2 aromatic carbocycles. The quantitative estimate of drug-likeness (QED) is 0.657. The SMILES string of the molecule is Fc1ccc(-c2cccc(-n3nnnc3C(F)(F)F)c2)c(Cl)c1. The minimum Gasteiger partial charge on any atom is -0.207 e. The highest BCUT2D eigenvalue weighted by Gasteiger charge is 2.38. The van der Waals surface area contributed by atoms with Crippen LogP contribution in [0.3, 0.4) is 0 Å². The lowest BCUT2D eigenvalue weighted by Gasteiger charge is -2.10. The van der Waals surface area contributed by atoms with Gasteiger partial charge < -0.3 is 0 Å². The van der Waals surface area contributed by atoms with E-state index in [1.807, 2.05) is 0 Å². The maximum Gasteiger partial charge on any atom is 0.453 e. The van der Waals surface area contributed by atoms with Crippen LogP contribution in [0.15, 0.2) is 42.5 Å². The van der Waals surface area contributed by atoms with Crippen LogP contribution in [0.25, 0.3) is 16.8 Å². The lowest BCUT2D eigenvalue weighted by Crippen LogP contribution is -2.14. The van der Waals surface area contributed by atoms with Gasteiger partial charge in [-0.1, -0.05) is 23.7 Å². The van der Waals surface area contributed by atoms with Crippen LogP contribution >= 0.6 is 11.6 Å². The minimum atomic E-state index is -4.69. The van der Waals surface area contributed by atoms with Gasteiger partial charge in [0, 0.05) is 5.56 Å². The van der Waals surface area contributed by atoms with Gasteiger partial charge in [0.15, 0.2) is 0 Å². The van der Waals surface area contributed by atoms with Gasteiger partial charge in [-0.2, -0.15) is 17.9 Å². The Hall–Kier alpha value is -2.48. The first-order valence-electron chi connectivity index (χ1n) is 6.28. The maximum absolute atomic E-state index is 13.1. The van der Waals surface area contributed by atoms with Gasteiger partial charge in [-0.25, -0.2) is 4.39 Å². The molecule has 0 saturated carbocycles. The zero-order chi connectivity index (χ0) is 16.6. The van der Waals surface area contributed by atoms with E-state index in [0.717, 1.165) is 6.07 Å². The van der Waals surface area contributed by atoms with E-state index in [1.165, 1.54) is 30.3 Å². The van der Waals surface area contributed by atoms with Gasteiger partial charge >= 0.3 is 6.18 Å².